The lowest BCUT2D eigenvalue weighted by atomic mass is 10.1. The highest BCUT2D eigenvalue weighted by Gasteiger charge is 2.10. The fourth-order valence-corrected chi connectivity index (χ4v) is 2.93. The third-order valence-corrected chi connectivity index (χ3v) is 4.09. The van der Waals surface area contributed by atoms with E-state index in [0.29, 0.717) is 5.82 Å². The van der Waals surface area contributed by atoms with Crippen LogP contribution in [0.5, 0.6) is 0 Å². The Hall–Kier alpha value is -3.21. The van der Waals surface area contributed by atoms with E-state index >= 15 is 0 Å². The summed E-state index contributed by atoms with van der Waals surface area (Å²) < 4.78 is 0. The van der Waals surface area contributed by atoms with Crippen LogP contribution in [0.25, 0.3) is 0 Å². The Morgan fingerprint density at radius 1 is 0.885 bits per heavy atom. The van der Waals surface area contributed by atoms with Crippen molar-refractivity contribution < 1.29 is 4.79 Å². The molecule has 3 rings (SSSR count). The zero-order valence-corrected chi connectivity index (χ0v) is 15.4. The van der Waals surface area contributed by atoms with E-state index in [9.17, 15) is 4.79 Å². The Morgan fingerprint density at radius 3 is 2.23 bits per heavy atom. The smallest absolute Gasteiger partial charge is 0.275 e. The first-order chi connectivity index (χ1) is 12.4. The average Bonchev–Trinajstić information content (AvgIpc) is 2.58. The summed E-state index contributed by atoms with van der Waals surface area (Å²) in [5, 5.41) is 6.12. The number of amides is 1. The summed E-state index contributed by atoms with van der Waals surface area (Å²) in [6, 6.07) is 11.9. The van der Waals surface area contributed by atoms with Crippen molar-refractivity contribution in [2.24, 2.45) is 0 Å². The van der Waals surface area contributed by atoms with Crippen LogP contribution >= 0.6 is 0 Å². The van der Waals surface area contributed by atoms with Crippen molar-refractivity contribution in [1.29, 1.82) is 0 Å². The number of hydrogen-bond acceptors (Lipinski definition) is 4. The van der Waals surface area contributed by atoms with Crippen LogP contribution < -0.4 is 10.6 Å². The maximum atomic E-state index is 12.3. The minimum Gasteiger partial charge on any atom is -0.339 e. The third-order valence-electron chi connectivity index (χ3n) is 4.09. The quantitative estimate of drug-likeness (QED) is 0.718. The molecule has 2 aromatic carbocycles. The third kappa shape index (κ3) is 4.06. The van der Waals surface area contributed by atoms with Gasteiger partial charge < -0.3 is 10.6 Å². The van der Waals surface area contributed by atoms with Crippen LogP contribution in [0.3, 0.4) is 0 Å². The average molecular weight is 346 g/mol. The molecule has 0 radical (unpaired) electrons. The monoisotopic (exact) mass is 346 g/mol. The number of hydrogen-bond donors (Lipinski definition) is 2. The lowest BCUT2D eigenvalue weighted by molar-refractivity contribution is 0.102. The van der Waals surface area contributed by atoms with Gasteiger partial charge >= 0.3 is 0 Å². The van der Waals surface area contributed by atoms with Crippen molar-refractivity contribution in [3.8, 4) is 0 Å². The molecule has 0 saturated heterocycles. The molecule has 0 aliphatic heterocycles. The first-order valence-corrected chi connectivity index (χ1v) is 8.47. The zero-order chi connectivity index (χ0) is 18.7. The normalized spacial score (nSPS) is 10.5. The number of nitrogens with zero attached hydrogens (tertiary/aromatic N) is 2. The van der Waals surface area contributed by atoms with Gasteiger partial charge in [0.15, 0.2) is 0 Å². The molecular formula is C21H22N4O. The number of aryl methyl sites for hydroxylation is 4. The van der Waals surface area contributed by atoms with Crippen LogP contribution in [-0.2, 0) is 0 Å². The highest BCUT2D eigenvalue weighted by molar-refractivity contribution is 6.02. The van der Waals surface area contributed by atoms with Gasteiger partial charge in [0.25, 0.3) is 5.91 Å². The van der Waals surface area contributed by atoms with Gasteiger partial charge in [-0.3, -0.25) is 4.79 Å². The van der Waals surface area contributed by atoms with Crippen LogP contribution in [0.2, 0.25) is 0 Å². The van der Waals surface area contributed by atoms with E-state index in [-0.39, 0.29) is 11.6 Å². The van der Waals surface area contributed by atoms with Gasteiger partial charge in [0.05, 0.1) is 12.4 Å². The van der Waals surface area contributed by atoms with E-state index in [1.165, 1.54) is 11.8 Å². The van der Waals surface area contributed by atoms with Crippen molar-refractivity contribution in [3.05, 3.63) is 76.7 Å². The topological polar surface area (TPSA) is 66.9 Å². The predicted molar refractivity (Wildman–Crippen MR) is 105 cm³/mol. The predicted octanol–water partition coefficient (Wildman–Crippen LogP) is 4.71. The van der Waals surface area contributed by atoms with Crippen molar-refractivity contribution in [2.75, 3.05) is 10.6 Å². The van der Waals surface area contributed by atoms with Gasteiger partial charge in [-0.1, -0.05) is 29.8 Å². The molecule has 132 valence electrons. The summed E-state index contributed by atoms with van der Waals surface area (Å²) in [5.41, 5.74) is 6.62. The van der Waals surface area contributed by atoms with E-state index in [1.807, 2.05) is 31.2 Å². The molecule has 1 aromatic heterocycles. The van der Waals surface area contributed by atoms with Gasteiger partial charge in [0, 0.05) is 11.4 Å². The summed E-state index contributed by atoms with van der Waals surface area (Å²) >= 11 is 0. The molecule has 1 amide bonds. The van der Waals surface area contributed by atoms with E-state index in [4.69, 9.17) is 0 Å². The molecule has 26 heavy (non-hydrogen) atoms. The van der Waals surface area contributed by atoms with Crippen LogP contribution in [0.15, 0.2) is 48.8 Å². The highest BCUT2D eigenvalue weighted by atomic mass is 16.1. The van der Waals surface area contributed by atoms with E-state index < -0.39 is 0 Å². The van der Waals surface area contributed by atoms with Gasteiger partial charge in [-0.25, -0.2) is 9.97 Å². The molecular weight excluding hydrogens is 324 g/mol. The van der Waals surface area contributed by atoms with Gasteiger partial charge in [-0.05, 0) is 56.5 Å². The fraction of sp³-hybridized carbons (Fsp3) is 0.190. The lowest BCUT2D eigenvalue weighted by Gasteiger charge is -2.13. The Labute approximate surface area is 153 Å². The van der Waals surface area contributed by atoms with Crippen LogP contribution in [0, 0.1) is 27.7 Å². The first kappa shape index (κ1) is 17.6. The van der Waals surface area contributed by atoms with Crippen molar-refractivity contribution in [2.45, 2.75) is 27.7 Å². The summed E-state index contributed by atoms with van der Waals surface area (Å²) in [7, 11) is 0. The molecule has 0 aliphatic carbocycles. The van der Waals surface area contributed by atoms with E-state index in [2.05, 4.69) is 53.5 Å². The highest BCUT2D eigenvalue weighted by Crippen LogP contribution is 2.24. The number of carbonyl (C=O) groups is 1. The second-order valence-electron chi connectivity index (χ2n) is 6.51. The van der Waals surface area contributed by atoms with Crippen LogP contribution in [0.4, 0.5) is 17.2 Å². The summed E-state index contributed by atoms with van der Waals surface area (Å²) in [4.78, 5) is 20.9. The van der Waals surface area contributed by atoms with Crippen molar-refractivity contribution in [3.63, 3.8) is 0 Å². The maximum Gasteiger partial charge on any atom is 0.275 e. The van der Waals surface area contributed by atoms with Gasteiger partial charge in [-0.2, -0.15) is 0 Å². The number of rotatable bonds is 4. The Bertz CT molecular complexity index is 925. The number of benzene rings is 2. The zero-order valence-electron chi connectivity index (χ0n) is 15.4. The molecule has 0 spiro atoms. The molecule has 1 heterocycles. The maximum absolute atomic E-state index is 12.3. The summed E-state index contributed by atoms with van der Waals surface area (Å²) in [6.07, 6.45) is 3.05. The molecule has 0 aliphatic rings. The SMILES string of the molecule is Cc1cccc(NC(=O)c2cnc(Nc3c(C)cc(C)cc3C)cn2)c1. The molecule has 0 bridgehead atoms. The van der Waals surface area contributed by atoms with Crippen molar-refractivity contribution in [1.82, 2.24) is 9.97 Å². The first-order valence-electron chi connectivity index (χ1n) is 8.47. The van der Waals surface area contributed by atoms with Crippen LogP contribution in [-0.4, -0.2) is 15.9 Å². The minimum atomic E-state index is -0.280. The van der Waals surface area contributed by atoms with Crippen LogP contribution in [0.1, 0.15) is 32.7 Å². The van der Waals surface area contributed by atoms with Gasteiger partial charge in [0.1, 0.15) is 11.5 Å². The fourth-order valence-electron chi connectivity index (χ4n) is 2.93. The molecule has 0 fully saturated rings. The lowest BCUT2D eigenvalue weighted by Crippen LogP contribution is -2.14. The molecule has 0 saturated carbocycles. The minimum absolute atomic E-state index is 0.273. The second-order valence-corrected chi connectivity index (χ2v) is 6.51. The summed E-state index contributed by atoms with van der Waals surface area (Å²) in [5.74, 6) is 0.324. The van der Waals surface area contributed by atoms with E-state index in [1.54, 1.807) is 6.20 Å². The van der Waals surface area contributed by atoms with Gasteiger partial charge in [0.2, 0.25) is 0 Å². The largest absolute Gasteiger partial charge is 0.339 e. The second kappa shape index (κ2) is 7.35. The number of carbonyl (C=O) groups excluding carboxylic acids is 1. The Morgan fingerprint density at radius 2 is 1.62 bits per heavy atom. The molecule has 0 unspecified atom stereocenters. The van der Waals surface area contributed by atoms with E-state index in [0.717, 1.165) is 28.1 Å². The standard InChI is InChI=1S/C21H22N4O/c1-13-6-5-7-17(10-13)24-21(26)18-11-23-19(12-22-18)25-20-15(3)8-14(2)9-16(20)4/h5-12H,1-4H3,(H,23,25)(H,24,26). The summed E-state index contributed by atoms with van der Waals surface area (Å²) in [6.45, 7) is 8.16. The number of aromatic nitrogens is 2. The number of anilines is 3. The Balaban J connectivity index is 1.73. The number of nitrogens with one attached hydrogen (secondary N) is 2. The molecule has 3 aromatic rings. The van der Waals surface area contributed by atoms with Gasteiger partial charge in [-0.15, -0.1) is 0 Å². The molecule has 5 nitrogen and oxygen atoms in total. The van der Waals surface area contributed by atoms with Crippen molar-refractivity contribution >= 4 is 23.1 Å². The Kier molecular flexibility index (Phi) is 4.98. The molecule has 2 N–H and O–H groups in total. The molecule has 0 atom stereocenters. The molecule has 5 heteroatoms.